The SMILES string of the molecule is CCCCCCCCCCCCCCCCCCCCCC(=O)NC(C)(C)C(=O)NCCCCCCCCCCCC. The summed E-state index contributed by atoms with van der Waals surface area (Å²) < 4.78 is 0. The Hall–Kier alpha value is -1.06. The average Bonchev–Trinajstić information content (AvgIpc) is 2.96. The normalized spacial score (nSPS) is 11.6. The molecule has 0 atom stereocenters. The fraction of sp³-hybridized carbons (Fsp3) is 0.947. The first-order chi connectivity index (χ1) is 20.4. The molecule has 0 aliphatic heterocycles. The Bertz CT molecular complexity index is 590. The summed E-state index contributed by atoms with van der Waals surface area (Å²) in [6.07, 6.45) is 39.1. The Labute approximate surface area is 264 Å². The largest absolute Gasteiger partial charge is 0.354 e. The molecule has 0 spiro atoms. The minimum absolute atomic E-state index is 0.000982. The maximum absolute atomic E-state index is 12.6. The fourth-order valence-electron chi connectivity index (χ4n) is 5.87. The third kappa shape index (κ3) is 29.0. The van der Waals surface area contributed by atoms with Gasteiger partial charge < -0.3 is 10.6 Å². The lowest BCUT2D eigenvalue weighted by molar-refractivity contribution is -0.132. The van der Waals surface area contributed by atoms with Gasteiger partial charge in [-0.3, -0.25) is 9.59 Å². The van der Waals surface area contributed by atoms with Gasteiger partial charge >= 0.3 is 0 Å². The van der Waals surface area contributed by atoms with Crippen molar-refractivity contribution in [1.82, 2.24) is 10.6 Å². The van der Waals surface area contributed by atoms with Crippen molar-refractivity contribution in [2.24, 2.45) is 0 Å². The molecule has 0 rings (SSSR count). The lowest BCUT2D eigenvalue weighted by Gasteiger charge is -2.25. The van der Waals surface area contributed by atoms with Crippen molar-refractivity contribution < 1.29 is 9.59 Å². The molecular formula is C38H76N2O2. The summed E-state index contributed by atoms with van der Waals surface area (Å²) >= 11 is 0. The zero-order chi connectivity index (χ0) is 31.0. The van der Waals surface area contributed by atoms with Crippen LogP contribution in [0.2, 0.25) is 0 Å². The lowest BCUT2D eigenvalue weighted by atomic mass is 10.0. The maximum Gasteiger partial charge on any atom is 0.245 e. The van der Waals surface area contributed by atoms with E-state index in [4.69, 9.17) is 0 Å². The molecule has 0 aliphatic rings. The van der Waals surface area contributed by atoms with Gasteiger partial charge in [0.2, 0.25) is 11.8 Å². The van der Waals surface area contributed by atoms with Crippen molar-refractivity contribution in [1.29, 1.82) is 0 Å². The van der Waals surface area contributed by atoms with Crippen molar-refractivity contribution in [3.63, 3.8) is 0 Å². The van der Waals surface area contributed by atoms with E-state index in [1.807, 2.05) is 13.8 Å². The quantitative estimate of drug-likeness (QED) is 0.0745. The van der Waals surface area contributed by atoms with Gasteiger partial charge in [-0.25, -0.2) is 0 Å². The summed E-state index contributed by atoms with van der Waals surface area (Å²) in [5, 5.41) is 5.98. The van der Waals surface area contributed by atoms with Crippen LogP contribution in [0, 0.1) is 0 Å². The van der Waals surface area contributed by atoms with E-state index < -0.39 is 5.54 Å². The molecule has 0 aromatic heterocycles. The topological polar surface area (TPSA) is 58.2 Å². The van der Waals surface area contributed by atoms with E-state index in [-0.39, 0.29) is 11.8 Å². The van der Waals surface area contributed by atoms with Crippen LogP contribution in [-0.4, -0.2) is 23.9 Å². The standard InChI is InChI=1S/C38H76N2O2/c1-5-7-9-11-13-15-17-18-19-20-21-22-23-24-25-26-28-30-32-34-36(41)40-38(3,4)37(42)39-35-33-31-29-27-16-14-12-10-8-6-2/h5-35H2,1-4H3,(H,39,42)(H,40,41). The number of carbonyl (C=O) groups is 2. The van der Waals surface area contributed by atoms with Crippen molar-refractivity contribution in [2.45, 2.75) is 226 Å². The molecule has 0 aromatic rings. The molecule has 0 saturated carbocycles. The summed E-state index contributed by atoms with van der Waals surface area (Å²) in [5.74, 6) is -0.0685. The van der Waals surface area contributed by atoms with Gasteiger partial charge in [-0.15, -0.1) is 0 Å². The Morgan fingerprint density at radius 2 is 0.714 bits per heavy atom. The van der Waals surface area contributed by atoms with E-state index >= 15 is 0 Å². The van der Waals surface area contributed by atoms with Gasteiger partial charge in [-0.05, 0) is 26.7 Å². The molecule has 0 aromatic carbocycles. The van der Waals surface area contributed by atoms with E-state index in [9.17, 15) is 9.59 Å². The van der Waals surface area contributed by atoms with Crippen LogP contribution in [0.5, 0.6) is 0 Å². The monoisotopic (exact) mass is 593 g/mol. The first-order valence-electron chi connectivity index (χ1n) is 19.0. The van der Waals surface area contributed by atoms with E-state index in [2.05, 4.69) is 24.5 Å². The summed E-state index contributed by atoms with van der Waals surface area (Å²) in [4.78, 5) is 25.0. The molecule has 250 valence electrons. The highest BCUT2D eigenvalue weighted by molar-refractivity contribution is 5.90. The first kappa shape index (κ1) is 40.9. The lowest BCUT2D eigenvalue weighted by Crippen LogP contribution is -2.54. The molecule has 2 N–H and O–H groups in total. The smallest absolute Gasteiger partial charge is 0.245 e. The summed E-state index contributed by atoms with van der Waals surface area (Å²) in [7, 11) is 0. The molecule has 0 unspecified atom stereocenters. The molecule has 0 saturated heterocycles. The number of unbranched alkanes of at least 4 members (excludes halogenated alkanes) is 27. The minimum Gasteiger partial charge on any atom is -0.354 e. The Morgan fingerprint density at radius 3 is 1.05 bits per heavy atom. The highest BCUT2D eigenvalue weighted by Gasteiger charge is 2.28. The van der Waals surface area contributed by atoms with Gasteiger partial charge in [0.05, 0.1) is 0 Å². The molecule has 0 bridgehead atoms. The zero-order valence-electron chi connectivity index (χ0n) is 29.2. The van der Waals surface area contributed by atoms with Gasteiger partial charge in [0, 0.05) is 13.0 Å². The number of nitrogens with one attached hydrogen (secondary N) is 2. The predicted octanol–water partition coefficient (Wildman–Crippen LogP) is 11.7. The average molecular weight is 593 g/mol. The van der Waals surface area contributed by atoms with Gasteiger partial charge in [-0.2, -0.15) is 0 Å². The van der Waals surface area contributed by atoms with Crippen LogP contribution in [0.25, 0.3) is 0 Å². The molecule has 42 heavy (non-hydrogen) atoms. The number of rotatable bonds is 33. The van der Waals surface area contributed by atoms with E-state index in [1.165, 1.54) is 167 Å². The number of carbonyl (C=O) groups excluding carboxylic acids is 2. The van der Waals surface area contributed by atoms with Gasteiger partial charge in [0.15, 0.2) is 0 Å². The van der Waals surface area contributed by atoms with Crippen LogP contribution in [0.15, 0.2) is 0 Å². The fourth-order valence-corrected chi connectivity index (χ4v) is 5.87. The van der Waals surface area contributed by atoms with E-state index in [0.29, 0.717) is 13.0 Å². The molecule has 0 aliphatic carbocycles. The third-order valence-corrected chi connectivity index (χ3v) is 8.84. The Kier molecular flexibility index (Phi) is 30.6. The second-order valence-electron chi connectivity index (χ2n) is 13.7. The highest BCUT2D eigenvalue weighted by Crippen LogP contribution is 2.15. The van der Waals surface area contributed by atoms with Gasteiger partial charge in [0.1, 0.15) is 5.54 Å². The molecule has 0 radical (unpaired) electrons. The van der Waals surface area contributed by atoms with Gasteiger partial charge in [0.25, 0.3) is 0 Å². The molecular weight excluding hydrogens is 516 g/mol. The van der Waals surface area contributed by atoms with Crippen molar-refractivity contribution >= 4 is 11.8 Å². The van der Waals surface area contributed by atoms with Crippen LogP contribution in [0.1, 0.15) is 220 Å². The van der Waals surface area contributed by atoms with Crippen LogP contribution >= 0.6 is 0 Å². The highest BCUT2D eigenvalue weighted by atomic mass is 16.2. The third-order valence-electron chi connectivity index (χ3n) is 8.84. The summed E-state index contributed by atoms with van der Waals surface area (Å²) in [5.41, 5.74) is -0.844. The number of hydrogen-bond acceptors (Lipinski definition) is 2. The predicted molar refractivity (Wildman–Crippen MR) is 185 cm³/mol. The minimum atomic E-state index is -0.844. The Balaban J connectivity index is 3.50. The Morgan fingerprint density at radius 1 is 0.429 bits per heavy atom. The van der Waals surface area contributed by atoms with Crippen LogP contribution < -0.4 is 10.6 Å². The molecule has 4 nitrogen and oxygen atoms in total. The number of hydrogen-bond donors (Lipinski definition) is 2. The molecule has 4 heteroatoms. The molecule has 0 heterocycles. The first-order valence-corrected chi connectivity index (χ1v) is 19.0. The summed E-state index contributed by atoms with van der Waals surface area (Å²) in [6.45, 7) is 8.88. The van der Waals surface area contributed by atoms with Crippen LogP contribution in [0.3, 0.4) is 0 Å². The summed E-state index contributed by atoms with van der Waals surface area (Å²) in [6, 6.07) is 0. The second kappa shape index (κ2) is 31.4. The molecule has 0 fully saturated rings. The van der Waals surface area contributed by atoms with Crippen LogP contribution in [-0.2, 0) is 9.59 Å². The van der Waals surface area contributed by atoms with E-state index in [1.54, 1.807) is 0 Å². The molecule has 2 amide bonds. The van der Waals surface area contributed by atoms with Crippen molar-refractivity contribution in [3.8, 4) is 0 Å². The van der Waals surface area contributed by atoms with E-state index in [0.717, 1.165) is 19.3 Å². The number of amides is 2. The zero-order valence-corrected chi connectivity index (χ0v) is 29.2. The van der Waals surface area contributed by atoms with Crippen molar-refractivity contribution in [2.75, 3.05) is 6.54 Å². The maximum atomic E-state index is 12.6. The second-order valence-corrected chi connectivity index (χ2v) is 13.7. The van der Waals surface area contributed by atoms with Crippen molar-refractivity contribution in [3.05, 3.63) is 0 Å². The van der Waals surface area contributed by atoms with Crippen LogP contribution in [0.4, 0.5) is 0 Å². The van der Waals surface area contributed by atoms with Gasteiger partial charge in [-0.1, -0.05) is 187 Å².